The minimum Gasteiger partial charge on any atom is -0.444 e. The summed E-state index contributed by atoms with van der Waals surface area (Å²) in [5, 5.41) is 0. The number of ether oxygens (including phenoxy) is 1. The van der Waals surface area contributed by atoms with Crippen molar-refractivity contribution in [2.45, 2.75) is 52.8 Å². The Kier molecular flexibility index (Phi) is 5.91. The Balaban J connectivity index is 1.98. The fourth-order valence-electron chi connectivity index (χ4n) is 2.87. The lowest BCUT2D eigenvalue weighted by Gasteiger charge is -2.40. The minimum absolute atomic E-state index is 0.0641. The van der Waals surface area contributed by atoms with E-state index in [4.69, 9.17) is 4.74 Å². The van der Waals surface area contributed by atoms with Gasteiger partial charge in [0, 0.05) is 32.2 Å². The third-order valence-electron chi connectivity index (χ3n) is 4.11. The molecule has 0 bridgehead atoms. The largest absolute Gasteiger partial charge is 0.444 e. The van der Waals surface area contributed by atoms with Crippen LogP contribution < -0.4 is 0 Å². The van der Waals surface area contributed by atoms with E-state index in [0.717, 1.165) is 24.2 Å². The van der Waals surface area contributed by atoms with E-state index in [1.54, 1.807) is 11.0 Å². The number of halogens is 2. The maximum Gasteiger partial charge on any atom is 0.410 e. The van der Waals surface area contributed by atoms with Crippen LogP contribution >= 0.6 is 15.9 Å². The zero-order chi connectivity index (χ0) is 18.1. The van der Waals surface area contributed by atoms with Crippen molar-refractivity contribution in [3.05, 3.63) is 33.5 Å². The van der Waals surface area contributed by atoms with Gasteiger partial charge in [0.25, 0.3) is 0 Å². The van der Waals surface area contributed by atoms with E-state index in [9.17, 15) is 9.18 Å². The second-order valence-electron chi connectivity index (χ2n) is 7.45. The molecule has 0 spiro atoms. The molecule has 0 N–H and O–H groups in total. The van der Waals surface area contributed by atoms with Crippen molar-refractivity contribution >= 4 is 22.0 Å². The predicted molar refractivity (Wildman–Crippen MR) is 96.5 cm³/mol. The summed E-state index contributed by atoms with van der Waals surface area (Å²) in [6, 6.07) is 3.46. The van der Waals surface area contributed by atoms with Crippen LogP contribution in [0.15, 0.2) is 16.6 Å². The van der Waals surface area contributed by atoms with Crippen molar-refractivity contribution in [1.82, 2.24) is 9.80 Å². The summed E-state index contributed by atoms with van der Waals surface area (Å²) in [6.45, 7) is 12.4. The van der Waals surface area contributed by atoms with E-state index >= 15 is 0 Å². The molecule has 1 saturated heterocycles. The maximum atomic E-state index is 13.8. The van der Waals surface area contributed by atoms with E-state index in [1.807, 2.05) is 40.7 Å². The first-order valence-corrected chi connectivity index (χ1v) is 9.02. The van der Waals surface area contributed by atoms with Gasteiger partial charge in [-0.05, 0) is 73.8 Å². The number of piperazine rings is 1. The number of carbonyl (C=O) groups is 1. The second kappa shape index (κ2) is 7.40. The van der Waals surface area contributed by atoms with Crippen molar-refractivity contribution in [1.29, 1.82) is 0 Å². The lowest BCUT2D eigenvalue weighted by atomic mass is 10.1. The van der Waals surface area contributed by atoms with Gasteiger partial charge < -0.3 is 9.64 Å². The summed E-state index contributed by atoms with van der Waals surface area (Å²) < 4.78 is 19.7. The summed E-state index contributed by atoms with van der Waals surface area (Å²) in [6.07, 6.45) is -0.263. The molecule has 1 aromatic carbocycles. The van der Waals surface area contributed by atoms with Crippen molar-refractivity contribution in [3.63, 3.8) is 0 Å². The molecule has 0 aromatic heterocycles. The number of rotatable bonds is 2. The molecule has 1 heterocycles. The average molecular weight is 401 g/mol. The highest BCUT2D eigenvalue weighted by molar-refractivity contribution is 9.10. The predicted octanol–water partition coefficient (Wildman–Crippen LogP) is 4.34. The zero-order valence-electron chi connectivity index (χ0n) is 15.0. The Bertz CT molecular complexity index is 616. The van der Waals surface area contributed by atoms with E-state index < -0.39 is 5.60 Å². The summed E-state index contributed by atoms with van der Waals surface area (Å²) in [5.41, 5.74) is 1.55. The molecule has 134 valence electrons. The van der Waals surface area contributed by atoms with Gasteiger partial charge in [0.15, 0.2) is 0 Å². The molecule has 1 atom stereocenters. The molecule has 1 aliphatic heterocycles. The first kappa shape index (κ1) is 19.2. The molecule has 1 amide bonds. The van der Waals surface area contributed by atoms with E-state index in [0.29, 0.717) is 17.6 Å². The topological polar surface area (TPSA) is 32.8 Å². The maximum absolute atomic E-state index is 13.8. The van der Waals surface area contributed by atoms with E-state index in [-0.39, 0.29) is 18.0 Å². The van der Waals surface area contributed by atoms with Crippen LogP contribution in [0.3, 0.4) is 0 Å². The SMILES string of the molecule is Cc1cc(Br)c(F)cc1CN1CCN(C(=O)OC(C)(C)C)C(C)C1. The molecule has 24 heavy (non-hydrogen) atoms. The van der Waals surface area contributed by atoms with Gasteiger partial charge in [-0.15, -0.1) is 0 Å². The van der Waals surface area contributed by atoms with Crippen molar-refractivity contribution in [3.8, 4) is 0 Å². The number of benzene rings is 1. The van der Waals surface area contributed by atoms with Crippen LogP contribution in [0.4, 0.5) is 9.18 Å². The van der Waals surface area contributed by atoms with Crippen LogP contribution in [0.1, 0.15) is 38.8 Å². The van der Waals surface area contributed by atoms with Crippen LogP contribution in [0.25, 0.3) is 0 Å². The fourth-order valence-corrected chi connectivity index (χ4v) is 3.33. The normalized spacial score (nSPS) is 19.5. The lowest BCUT2D eigenvalue weighted by molar-refractivity contribution is 0.000534. The van der Waals surface area contributed by atoms with Crippen molar-refractivity contribution < 1.29 is 13.9 Å². The fraction of sp³-hybridized carbons (Fsp3) is 0.611. The van der Waals surface area contributed by atoms with Gasteiger partial charge in [-0.3, -0.25) is 4.90 Å². The van der Waals surface area contributed by atoms with E-state index in [2.05, 4.69) is 20.8 Å². The van der Waals surface area contributed by atoms with Crippen molar-refractivity contribution in [2.24, 2.45) is 0 Å². The van der Waals surface area contributed by atoms with Gasteiger partial charge >= 0.3 is 6.09 Å². The van der Waals surface area contributed by atoms with Crippen LogP contribution in [-0.2, 0) is 11.3 Å². The summed E-state index contributed by atoms with van der Waals surface area (Å²) in [5.74, 6) is -0.240. The standard InChI is InChI=1S/C18H26BrFN2O2/c1-12-8-15(19)16(20)9-14(12)11-21-6-7-22(13(2)10-21)17(23)24-18(3,4)5/h8-9,13H,6-7,10-11H2,1-5H3. The van der Waals surface area contributed by atoms with Crippen molar-refractivity contribution in [2.75, 3.05) is 19.6 Å². The number of hydrogen-bond acceptors (Lipinski definition) is 3. The van der Waals surface area contributed by atoms with Gasteiger partial charge in [0.2, 0.25) is 0 Å². The first-order chi connectivity index (χ1) is 11.1. The average Bonchev–Trinajstić information content (AvgIpc) is 2.42. The molecule has 1 fully saturated rings. The highest BCUT2D eigenvalue weighted by atomic mass is 79.9. The highest BCUT2D eigenvalue weighted by Crippen LogP contribution is 2.23. The molecule has 1 aromatic rings. The number of amides is 1. The Morgan fingerprint density at radius 2 is 2.04 bits per heavy atom. The number of hydrogen-bond donors (Lipinski definition) is 0. The molecule has 0 aliphatic carbocycles. The second-order valence-corrected chi connectivity index (χ2v) is 8.31. The molecule has 2 rings (SSSR count). The van der Waals surface area contributed by atoms with Gasteiger partial charge in [0.05, 0.1) is 4.47 Å². The third-order valence-corrected chi connectivity index (χ3v) is 4.72. The number of aryl methyl sites for hydroxylation is 1. The van der Waals surface area contributed by atoms with Crippen LogP contribution in [0, 0.1) is 12.7 Å². The van der Waals surface area contributed by atoms with Crippen LogP contribution in [0.2, 0.25) is 0 Å². The molecule has 0 radical (unpaired) electrons. The van der Waals surface area contributed by atoms with Gasteiger partial charge in [-0.25, -0.2) is 9.18 Å². The van der Waals surface area contributed by atoms with Crippen LogP contribution in [-0.4, -0.2) is 47.2 Å². The monoisotopic (exact) mass is 400 g/mol. The molecule has 1 unspecified atom stereocenters. The van der Waals surface area contributed by atoms with E-state index in [1.165, 1.54) is 0 Å². The first-order valence-electron chi connectivity index (χ1n) is 8.23. The Labute approximate surface area is 152 Å². The highest BCUT2D eigenvalue weighted by Gasteiger charge is 2.30. The Hall–Kier alpha value is -1.14. The molecule has 6 heteroatoms. The quantitative estimate of drug-likeness (QED) is 0.739. The minimum atomic E-state index is -0.486. The molecule has 4 nitrogen and oxygen atoms in total. The van der Waals surface area contributed by atoms with Gasteiger partial charge in [-0.1, -0.05) is 0 Å². The number of nitrogens with zero attached hydrogens (tertiary/aromatic N) is 2. The zero-order valence-corrected chi connectivity index (χ0v) is 16.6. The molecule has 0 saturated carbocycles. The lowest BCUT2D eigenvalue weighted by Crippen LogP contribution is -2.54. The molecular weight excluding hydrogens is 375 g/mol. The van der Waals surface area contributed by atoms with Gasteiger partial charge in [-0.2, -0.15) is 0 Å². The third kappa shape index (κ3) is 4.93. The molecule has 1 aliphatic rings. The Morgan fingerprint density at radius 1 is 1.38 bits per heavy atom. The molecular formula is C18H26BrFN2O2. The van der Waals surface area contributed by atoms with Crippen LogP contribution in [0.5, 0.6) is 0 Å². The number of carbonyl (C=O) groups excluding carboxylic acids is 1. The summed E-state index contributed by atoms with van der Waals surface area (Å²) in [4.78, 5) is 16.3. The summed E-state index contributed by atoms with van der Waals surface area (Å²) >= 11 is 3.22. The summed E-state index contributed by atoms with van der Waals surface area (Å²) in [7, 11) is 0. The smallest absolute Gasteiger partial charge is 0.410 e. The van der Waals surface area contributed by atoms with Gasteiger partial charge in [0.1, 0.15) is 11.4 Å². The Morgan fingerprint density at radius 3 is 2.62 bits per heavy atom.